The number of ketones is 1. The molecule has 1 aliphatic heterocycles. The summed E-state index contributed by atoms with van der Waals surface area (Å²) in [6.45, 7) is 3.43. The number of methoxy groups -OCH3 is 1. The molecule has 0 saturated carbocycles. The van der Waals surface area contributed by atoms with Gasteiger partial charge in [-0.05, 0) is 13.8 Å². The van der Waals surface area contributed by atoms with Gasteiger partial charge in [-0.25, -0.2) is 0 Å². The van der Waals surface area contributed by atoms with Gasteiger partial charge >= 0.3 is 0 Å². The van der Waals surface area contributed by atoms with Gasteiger partial charge in [0.05, 0.1) is 7.11 Å². The third-order valence-electron chi connectivity index (χ3n) is 1.47. The van der Waals surface area contributed by atoms with Crippen LogP contribution in [0.25, 0.3) is 0 Å². The van der Waals surface area contributed by atoms with Gasteiger partial charge in [0.25, 0.3) is 0 Å². The van der Waals surface area contributed by atoms with Crippen molar-refractivity contribution >= 4 is 5.78 Å². The van der Waals surface area contributed by atoms with Gasteiger partial charge in [0.1, 0.15) is 5.76 Å². The molecule has 56 valence electrons. The second kappa shape index (κ2) is 2.33. The maximum atomic E-state index is 11.0. The minimum atomic E-state index is -0.366. The minimum absolute atomic E-state index is 0.0694. The molecule has 3 heteroatoms. The quantitative estimate of drug-likeness (QED) is 0.544. The van der Waals surface area contributed by atoms with Crippen LogP contribution in [0.2, 0.25) is 0 Å². The van der Waals surface area contributed by atoms with Crippen LogP contribution in [0.5, 0.6) is 0 Å². The van der Waals surface area contributed by atoms with Crippen molar-refractivity contribution in [3.8, 4) is 0 Å². The maximum absolute atomic E-state index is 11.0. The molecule has 0 aromatic carbocycles. The van der Waals surface area contributed by atoms with Crippen LogP contribution in [-0.4, -0.2) is 19.0 Å². The van der Waals surface area contributed by atoms with E-state index in [-0.39, 0.29) is 11.9 Å². The number of rotatable bonds is 1. The Hall–Kier alpha value is -0.990. The SMILES string of the molecule is COC1=C(C)OC(C)C1=O. The van der Waals surface area contributed by atoms with E-state index in [9.17, 15) is 4.79 Å². The lowest BCUT2D eigenvalue weighted by molar-refractivity contribution is -0.122. The highest BCUT2D eigenvalue weighted by atomic mass is 16.5. The Bertz CT molecular complexity index is 193. The van der Waals surface area contributed by atoms with Gasteiger partial charge in [-0.15, -0.1) is 0 Å². The van der Waals surface area contributed by atoms with Crippen LogP contribution in [0, 0.1) is 0 Å². The van der Waals surface area contributed by atoms with Crippen molar-refractivity contribution in [2.45, 2.75) is 20.0 Å². The van der Waals surface area contributed by atoms with E-state index in [4.69, 9.17) is 9.47 Å². The number of carbonyl (C=O) groups excluding carboxylic acids is 1. The highest BCUT2D eigenvalue weighted by molar-refractivity contribution is 5.99. The van der Waals surface area contributed by atoms with Crippen LogP contribution in [-0.2, 0) is 14.3 Å². The summed E-state index contributed by atoms with van der Waals surface area (Å²) in [7, 11) is 1.47. The van der Waals surface area contributed by atoms with E-state index < -0.39 is 0 Å². The van der Waals surface area contributed by atoms with Gasteiger partial charge in [0.15, 0.2) is 6.10 Å². The third-order valence-corrected chi connectivity index (χ3v) is 1.47. The van der Waals surface area contributed by atoms with Gasteiger partial charge in [-0.1, -0.05) is 0 Å². The molecular weight excluding hydrogens is 132 g/mol. The summed E-state index contributed by atoms with van der Waals surface area (Å²) in [6, 6.07) is 0. The molecule has 1 atom stereocenters. The molecule has 0 spiro atoms. The fourth-order valence-corrected chi connectivity index (χ4v) is 0.975. The molecule has 0 aromatic rings. The molecular formula is C7H10O3. The first-order valence-corrected chi connectivity index (χ1v) is 3.12. The summed E-state index contributed by atoms with van der Waals surface area (Å²) in [5.74, 6) is 0.868. The summed E-state index contributed by atoms with van der Waals surface area (Å²) >= 11 is 0. The molecule has 1 rings (SSSR count). The Morgan fingerprint density at radius 2 is 2.20 bits per heavy atom. The zero-order chi connectivity index (χ0) is 7.72. The van der Waals surface area contributed by atoms with Crippen LogP contribution in [0.15, 0.2) is 11.5 Å². The highest BCUT2D eigenvalue weighted by Gasteiger charge is 2.30. The van der Waals surface area contributed by atoms with Gasteiger partial charge in [0.2, 0.25) is 11.5 Å². The smallest absolute Gasteiger partial charge is 0.240 e. The van der Waals surface area contributed by atoms with Crippen LogP contribution in [0.1, 0.15) is 13.8 Å². The second-order valence-electron chi connectivity index (χ2n) is 2.21. The normalized spacial score (nSPS) is 25.1. The maximum Gasteiger partial charge on any atom is 0.240 e. The fraction of sp³-hybridized carbons (Fsp3) is 0.571. The molecule has 1 aliphatic rings. The van der Waals surface area contributed by atoms with Gasteiger partial charge in [-0.3, -0.25) is 4.79 Å². The minimum Gasteiger partial charge on any atom is -0.490 e. The Kier molecular flexibility index (Phi) is 1.66. The zero-order valence-electron chi connectivity index (χ0n) is 6.30. The lowest BCUT2D eigenvalue weighted by Crippen LogP contribution is -2.13. The summed E-state index contributed by atoms with van der Waals surface area (Å²) in [5.41, 5.74) is 0. The van der Waals surface area contributed by atoms with Crippen molar-refractivity contribution in [3.05, 3.63) is 11.5 Å². The van der Waals surface area contributed by atoms with Crippen LogP contribution in [0.4, 0.5) is 0 Å². The van der Waals surface area contributed by atoms with Crippen LogP contribution >= 0.6 is 0 Å². The summed E-state index contributed by atoms with van der Waals surface area (Å²) in [4.78, 5) is 11.0. The first kappa shape index (κ1) is 7.12. The standard InChI is InChI=1S/C7H10O3/c1-4-6(8)7(9-3)5(2)10-4/h4H,1-3H3. The summed E-state index contributed by atoms with van der Waals surface area (Å²) in [6.07, 6.45) is -0.366. The van der Waals surface area contributed by atoms with Crippen molar-refractivity contribution in [1.29, 1.82) is 0 Å². The lowest BCUT2D eigenvalue weighted by atomic mass is 10.2. The summed E-state index contributed by atoms with van der Waals surface area (Å²) < 4.78 is 9.89. The lowest BCUT2D eigenvalue weighted by Gasteiger charge is -1.99. The average molecular weight is 142 g/mol. The third kappa shape index (κ3) is 0.875. The predicted molar refractivity (Wildman–Crippen MR) is 35.3 cm³/mol. The number of hydrogen-bond acceptors (Lipinski definition) is 3. The molecule has 0 saturated heterocycles. The molecule has 0 bridgehead atoms. The van der Waals surface area contributed by atoms with Crippen molar-refractivity contribution in [2.75, 3.05) is 7.11 Å². The predicted octanol–water partition coefficient (Wildman–Crippen LogP) is 0.852. The van der Waals surface area contributed by atoms with E-state index in [1.165, 1.54) is 7.11 Å². The van der Waals surface area contributed by atoms with Crippen molar-refractivity contribution in [3.63, 3.8) is 0 Å². The molecule has 0 aliphatic carbocycles. The van der Waals surface area contributed by atoms with E-state index in [1.54, 1.807) is 13.8 Å². The average Bonchev–Trinajstić information content (AvgIpc) is 2.09. The van der Waals surface area contributed by atoms with Crippen molar-refractivity contribution < 1.29 is 14.3 Å². The Labute approximate surface area is 59.6 Å². The Balaban J connectivity index is 2.85. The molecule has 1 unspecified atom stereocenters. The van der Waals surface area contributed by atoms with Gasteiger partial charge < -0.3 is 9.47 Å². The molecule has 0 amide bonds. The first-order valence-electron chi connectivity index (χ1n) is 3.12. The van der Waals surface area contributed by atoms with Crippen molar-refractivity contribution in [2.24, 2.45) is 0 Å². The number of ether oxygens (including phenoxy) is 2. The summed E-state index contributed by atoms with van der Waals surface area (Å²) in [5, 5.41) is 0. The molecule has 0 fully saturated rings. The second-order valence-corrected chi connectivity index (χ2v) is 2.21. The van der Waals surface area contributed by atoms with E-state index in [2.05, 4.69) is 0 Å². The van der Waals surface area contributed by atoms with E-state index >= 15 is 0 Å². The fourth-order valence-electron chi connectivity index (χ4n) is 0.975. The number of carbonyl (C=O) groups is 1. The molecule has 0 N–H and O–H groups in total. The molecule has 3 nitrogen and oxygen atoms in total. The number of hydrogen-bond donors (Lipinski definition) is 0. The van der Waals surface area contributed by atoms with E-state index in [0.29, 0.717) is 11.5 Å². The van der Waals surface area contributed by atoms with Gasteiger partial charge in [0, 0.05) is 0 Å². The Morgan fingerprint density at radius 1 is 1.60 bits per heavy atom. The number of allylic oxidation sites excluding steroid dienone is 1. The van der Waals surface area contributed by atoms with E-state index in [1.807, 2.05) is 0 Å². The van der Waals surface area contributed by atoms with Crippen LogP contribution < -0.4 is 0 Å². The monoisotopic (exact) mass is 142 g/mol. The van der Waals surface area contributed by atoms with Crippen molar-refractivity contribution in [1.82, 2.24) is 0 Å². The zero-order valence-corrected chi connectivity index (χ0v) is 6.30. The van der Waals surface area contributed by atoms with E-state index in [0.717, 1.165) is 0 Å². The van der Waals surface area contributed by atoms with Crippen LogP contribution in [0.3, 0.4) is 0 Å². The topological polar surface area (TPSA) is 35.5 Å². The molecule has 0 radical (unpaired) electrons. The molecule has 1 heterocycles. The molecule has 0 aromatic heterocycles. The van der Waals surface area contributed by atoms with Gasteiger partial charge in [-0.2, -0.15) is 0 Å². The number of Topliss-reactive ketones (excluding diaryl/α,β-unsaturated/α-hetero) is 1. The highest BCUT2D eigenvalue weighted by Crippen LogP contribution is 2.20. The first-order chi connectivity index (χ1) is 4.66. The largest absolute Gasteiger partial charge is 0.490 e. The Morgan fingerprint density at radius 3 is 2.40 bits per heavy atom. The molecule has 10 heavy (non-hydrogen) atoms.